The lowest BCUT2D eigenvalue weighted by molar-refractivity contribution is 0.181. The topological polar surface area (TPSA) is 47.0 Å². The Morgan fingerprint density at radius 3 is 2.43 bits per heavy atom. The smallest absolute Gasteiger partial charge is 0.162 e. The van der Waals surface area contributed by atoms with Crippen LogP contribution in [0.1, 0.15) is 12.6 Å². The molecule has 0 aliphatic heterocycles. The molecule has 0 spiro atoms. The molecule has 2 rings (SSSR count). The van der Waals surface area contributed by atoms with Crippen LogP contribution in [0.15, 0.2) is 22.7 Å². The second-order valence-electron chi connectivity index (χ2n) is 4.28. The Labute approximate surface area is 129 Å². The predicted molar refractivity (Wildman–Crippen MR) is 80.0 cm³/mol. The van der Waals surface area contributed by atoms with Crippen LogP contribution in [0.5, 0.6) is 0 Å². The van der Waals surface area contributed by atoms with E-state index in [0.29, 0.717) is 22.5 Å². The van der Waals surface area contributed by atoms with Gasteiger partial charge >= 0.3 is 0 Å². The van der Waals surface area contributed by atoms with Gasteiger partial charge in [-0.1, -0.05) is 0 Å². The van der Waals surface area contributed by atoms with Gasteiger partial charge in [0, 0.05) is 25.3 Å². The summed E-state index contributed by atoms with van der Waals surface area (Å²) in [6.45, 7) is 2.83. The van der Waals surface area contributed by atoms with Gasteiger partial charge in [0.2, 0.25) is 0 Å². The van der Waals surface area contributed by atoms with Gasteiger partial charge in [-0.25, -0.2) is 18.7 Å². The van der Waals surface area contributed by atoms with E-state index in [1.54, 1.807) is 7.11 Å². The molecule has 1 N–H and O–H groups in total. The van der Waals surface area contributed by atoms with Gasteiger partial charge in [0.25, 0.3) is 0 Å². The second-order valence-corrected chi connectivity index (χ2v) is 5.07. The van der Waals surface area contributed by atoms with Crippen molar-refractivity contribution < 1.29 is 13.5 Å². The first-order chi connectivity index (χ1) is 10.0. The Bertz CT molecular complexity index is 605. The number of aromatic nitrogens is 2. The normalized spacial score (nSPS) is 10.7. The van der Waals surface area contributed by atoms with Crippen LogP contribution in [-0.4, -0.2) is 23.6 Å². The molecule has 0 saturated carbocycles. The lowest BCUT2D eigenvalue weighted by Crippen LogP contribution is -2.07. The molecule has 0 aliphatic rings. The van der Waals surface area contributed by atoms with E-state index in [1.165, 1.54) is 12.1 Å². The average molecular weight is 358 g/mol. The zero-order valence-corrected chi connectivity index (χ0v) is 13.2. The van der Waals surface area contributed by atoms with E-state index in [2.05, 4.69) is 31.2 Å². The van der Waals surface area contributed by atoms with E-state index in [0.717, 1.165) is 6.07 Å². The maximum absolute atomic E-state index is 13.3. The van der Waals surface area contributed by atoms with Crippen LogP contribution in [0.25, 0.3) is 11.4 Å². The summed E-state index contributed by atoms with van der Waals surface area (Å²) in [7, 11) is 1.54. The van der Waals surface area contributed by atoms with Gasteiger partial charge in [0.1, 0.15) is 17.5 Å². The summed E-state index contributed by atoms with van der Waals surface area (Å²) in [4.78, 5) is 8.60. The molecule has 112 valence electrons. The minimum Gasteiger partial charge on any atom is -0.378 e. The number of nitrogens with one attached hydrogen (secondary N) is 1. The molecule has 4 nitrogen and oxygen atoms in total. The Morgan fingerprint density at radius 1 is 1.19 bits per heavy atom. The standard InChI is InChI=1S/C14H14BrF2N3O/c1-3-18-14-12(15)11(7-21-2)19-13(20-14)8-4-9(16)6-10(17)5-8/h4-6H,3,7H2,1-2H3,(H,18,19,20). The van der Waals surface area contributed by atoms with Crippen LogP contribution in [0.4, 0.5) is 14.6 Å². The number of halogens is 3. The van der Waals surface area contributed by atoms with Crippen molar-refractivity contribution in [2.75, 3.05) is 19.0 Å². The third-order valence-corrected chi connectivity index (χ3v) is 3.50. The number of anilines is 1. The summed E-state index contributed by atoms with van der Waals surface area (Å²) in [5.74, 6) is -0.552. The van der Waals surface area contributed by atoms with Gasteiger partial charge in [-0.2, -0.15) is 0 Å². The number of benzene rings is 1. The van der Waals surface area contributed by atoms with E-state index in [1.807, 2.05) is 6.92 Å². The lowest BCUT2D eigenvalue weighted by atomic mass is 10.2. The maximum Gasteiger partial charge on any atom is 0.162 e. The van der Waals surface area contributed by atoms with Gasteiger partial charge in [0.15, 0.2) is 5.82 Å². The Kier molecular flexibility index (Phi) is 5.19. The molecule has 7 heteroatoms. The highest BCUT2D eigenvalue weighted by molar-refractivity contribution is 9.10. The number of hydrogen-bond acceptors (Lipinski definition) is 4. The zero-order chi connectivity index (χ0) is 15.4. The first-order valence-electron chi connectivity index (χ1n) is 6.30. The van der Waals surface area contributed by atoms with Crippen molar-refractivity contribution in [3.05, 3.63) is 40.0 Å². The van der Waals surface area contributed by atoms with Crippen LogP contribution in [0, 0.1) is 11.6 Å². The van der Waals surface area contributed by atoms with Gasteiger partial charge in [-0.3, -0.25) is 0 Å². The molecule has 1 aromatic heterocycles. The lowest BCUT2D eigenvalue weighted by Gasteiger charge is -2.12. The minimum absolute atomic E-state index is 0.236. The third kappa shape index (κ3) is 3.74. The average Bonchev–Trinajstić information content (AvgIpc) is 2.42. The molecular weight excluding hydrogens is 344 g/mol. The minimum atomic E-state index is -0.671. The van der Waals surface area contributed by atoms with Crippen LogP contribution < -0.4 is 5.32 Å². The number of ether oxygens (including phenoxy) is 1. The monoisotopic (exact) mass is 357 g/mol. The van der Waals surface area contributed by atoms with E-state index < -0.39 is 11.6 Å². The van der Waals surface area contributed by atoms with Crippen molar-refractivity contribution in [1.82, 2.24) is 9.97 Å². The van der Waals surface area contributed by atoms with Crippen LogP contribution >= 0.6 is 15.9 Å². The van der Waals surface area contributed by atoms with Crippen LogP contribution in [-0.2, 0) is 11.3 Å². The second kappa shape index (κ2) is 6.91. The predicted octanol–water partition coefficient (Wildman–Crippen LogP) is 3.76. The summed E-state index contributed by atoms with van der Waals surface area (Å²) in [5.41, 5.74) is 0.875. The SMILES string of the molecule is CCNc1nc(-c2cc(F)cc(F)c2)nc(COC)c1Br. The Balaban J connectivity index is 2.56. The molecule has 0 saturated heterocycles. The largest absolute Gasteiger partial charge is 0.378 e. The zero-order valence-electron chi connectivity index (χ0n) is 11.6. The Hall–Kier alpha value is -1.60. The molecule has 1 heterocycles. The summed E-state index contributed by atoms with van der Waals surface area (Å²) >= 11 is 3.40. The molecule has 0 amide bonds. The quantitative estimate of drug-likeness (QED) is 0.884. The molecule has 0 radical (unpaired) electrons. The molecule has 0 fully saturated rings. The van der Waals surface area contributed by atoms with E-state index in [4.69, 9.17) is 4.74 Å². The van der Waals surface area contributed by atoms with E-state index >= 15 is 0 Å². The number of nitrogens with zero attached hydrogens (tertiary/aromatic N) is 2. The molecule has 0 aliphatic carbocycles. The van der Waals surface area contributed by atoms with Crippen molar-refractivity contribution in [2.24, 2.45) is 0 Å². The number of methoxy groups -OCH3 is 1. The molecular formula is C14H14BrF2N3O. The van der Waals surface area contributed by atoms with Gasteiger partial charge < -0.3 is 10.1 Å². The third-order valence-electron chi connectivity index (χ3n) is 2.67. The molecule has 1 aromatic carbocycles. The van der Waals surface area contributed by atoms with Crippen molar-refractivity contribution in [1.29, 1.82) is 0 Å². The fourth-order valence-electron chi connectivity index (χ4n) is 1.82. The summed E-state index contributed by atoms with van der Waals surface area (Å²) < 4.78 is 32.4. The fraction of sp³-hybridized carbons (Fsp3) is 0.286. The van der Waals surface area contributed by atoms with Gasteiger partial charge in [0.05, 0.1) is 16.8 Å². The molecule has 0 unspecified atom stereocenters. The fourth-order valence-corrected chi connectivity index (χ4v) is 2.25. The molecule has 0 atom stereocenters. The van der Waals surface area contributed by atoms with Gasteiger partial charge in [-0.15, -0.1) is 0 Å². The maximum atomic E-state index is 13.3. The van der Waals surface area contributed by atoms with E-state index in [9.17, 15) is 8.78 Å². The Morgan fingerprint density at radius 2 is 1.86 bits per heavy atom. The summed E-state index contributed by atoms with van der Waals surface area (Å²) in [6, 6.07) is 3.20. The summed E-state index contributed by atoms with van der Waals surface area (Å²) in [5, 5.41) is 3.07. The number of rotatable bonds is 5. The van der Waals surface area contributed by atoms with Crippen molar-refractivity contribution in [2.45, 2.75) is 13.5 Å². The van der Waals surface area contributed by atoms with E-state index in [-0.39, 0.29) is 18.0 Å². The summed E-state index contributed by atoms with van der Waals surface area (Å²) in [6.07, 6.45) is 0. The highest BCUT2D eigenvalue weighted by Crippen LogP contribution is 2.28. The van der Waals surface area contributed by atoms with Crippen molar-refractivity contribution in [3.8, 4) is 11.4 Å². The van der Waals surface area contributed by atoms with Crippen LogP contribution in [0.3, 0.4) is 0 Å². The van der Waals surface area contributed by atoms with Crippen molar-refractivity contribution in [3.63, 3.8) is 0 Å². The highest BCUT2D eigenvalue weighted by Gasteiger charge is 2.14. The number of hydrogen-bond donors (Lipinski definition) is 1. The van der Waals surface area contributed by atoms with Gasteiger partial charge in [-0.05, 0) is 35.0 Å². The van der Waals surface area contributed by atoms with Crippen molar-refractivity contribution >= 4 is 21.7 Å². The van der Waals surface area contributed by atoms with Crippen LogP contribution in [0.2, 0.25) is 0 Å². The molecule has 2 aromatic rings. The molecule has 21 heavy (non-hydrogen) atoms. The molecule has 0 bridgehead atoms. The highest BCUT2D eigenvalue weighted by atomic mass is 79.9. The first kappa shape index (κ1) is 15.8. The first-order valence-corrected chi connectivity index (χ1v) is 7.10.